The number of alkyl halides is 3. The highest BCUT2D eigenvalue weighted by Gasteiger charge is 2.36. The zero-order valence-electron chi connectivity index (χ0n) is 11.0. The van der Waals surface area contributed by atoms with Gasteiger partial charge in [0.15, 0.2) is 0 Å². The summed E-state index contributed by atoms with van der Waals surface area (Å²) < 4.78 is 61.0. The minimum atomic E-state index is -4.86. The predicted molar refractivity (Wildman–Crippen MR) is 62.8 cm³/mol. The van der Waals surface area contributed by atoms with Crippen LogP contribution < -0.4 is 0 Å². The molecule has 0 saturated carbocycles. The third kappa shape index (κ3) is 4.19. The highest BCUT2D eigenvalue weighted by molar-refractivity contribution is 5.90. The molecule has 0 aliphatic heterocycles. The summed E-state index contributed by atoms with van der Waals surface area (Å²) in [6, 6.07) is 2.46. The first-order valence-corrected chi connectivity index (χ1v) is 5.91. The first-order valence-electron chi connectivity index (χ1n) is 5.91. The van der Waals surface area contributed by atoms with E-state index in [0.29, 0.717) is 12.7 Å². The van der Waals surface area contributed by atoms with Crippen molar-refractivity contribution < 1.29 is 31.8 Å². The number of esters is 1. The van der Waals surface area contributed by atoms with E-state index in [1.54, 1.807) is 6.92 Å². The molecule has 1 aromatic rings. The minimum Gasteiger partial charge on any atom is -0.457 e. The zero-order valence-corrected chi connectivity index (χ0v) is 11.0. The predicted octanol–water partition coefficient (Wildman–Crippen LogP) is 3.43. The van der Waals surface area contributed by atoms with Crippen molar-refractivity contribution in [1.29, 1.82) is 0 Å². The van der Waals surface area contributed by atoms with Crippen LogP contribution in [0.2, 0.25) is 0 Å². The first kappa shape index (κ1) is 16.4. The fourth-order valence-corrected chi connectivity index (χ4v) is 1.47. The van der Waals surface area contributed by atoms with Crippen LogP contribution in [0.5, 0.6) is 0 Å². The van der Waals surface area contributed by atoms with E-state index >= 15 is 0 Å². The first-order chi connectivity index (χ1) is 9.27. The second kappa shape index (κ2) is 6.69. The molecule has 20 heavy (non-hydrogen) atoms. The van der Waals surface area contributed by atoms with Crippen molar-refractivity contribution in [2.24, 2.45) is 0 Å². The summed E-state index contributed by atoms with van der Waals surface area (Å²) in [6.07, 6.45) is -5.55. The lowest BCUT2D eigenvalue weighted by Gasteiger charge is -2.14. The molecule has 0 aliphatic carbocycles. The van der Waals surface area contributed by atoms with Crippen LogP contribution >= 0.6 is 0 Å². The van der Waals surface area contributed by atoms with E-state index in [1.165, 1.54) is 6.92 Å². The molecule has 0 radical (unpaired) electrons. The molecule has 0 amide bonds. The molecule has 1 aromatic carbocycles. The van der Waals surface area contributed by atoms with Gasteiger partial charge in [-0.3, -0.25) is 0 Å². The highest BCUT2D eigenvalue weighted by Crippen LogP contribution is 2.32. The number of carbonyl (C=O) groups excluding carboxylic acids is 1. The summed E-state index contributed by atoms with van der Waals surface area (Å²) >= 11 is 0. The van der Waals surface area contributed by atoms with Crippen molar-refractivity contribution in [1.82, 2.24) is 0 Å². The molecule has 0 aliphatic rings. The lowest BCUT2D eigenvalue weighted by atomic mass is 10.1. The van der Waals surface area contributed by atoms with Crippen LogP contribution in [0.1, 0.15) is 29.8 Å². The van der Waals surface area contributed by atoms with Crippen molar-refractivity contribution in [2.75, 3.05) is 13.2 Å². The Morgan fingerprint density at radius 1 is 1.35 bits per heavy atom. The molecule has 0 fully saturated rings. The second-order valence-corrected chi connectivity index (χ2v) is 4.04. The van der Waals surface area contributed by atoms with E-state index in [-0.39, 0.29) is 6.61 Å². The SMILES string of the molecule is CCOCC(C)OC(=O)c1cccc(C(F)(F)F)c1F. The zero-order chi connectivity index (χ0) is 15.3. The van der Waals surface area contributed by atoms with Gasteiger partial charge in [-0.15, -0.1) is 0 Å². The van der Waals surface area contributed by atoms with Gasteiger partial charge in [0.25, 0.3) is 0 Å². The standard InChI is InChI=1S/C13H14F4O3/c1-3-19-7-8(2)20-12(18)9-5-4-6-10(11(9)14)13(15,16)17/h4-6,8H,3,7H2,1-2H3. The van der Waals surface area contributed by atoms with Crippen LogP contribution in [0.4, 0.5) is 17.6 Å². The summed E-state index contributed by atoms with van der Waals surface area (Å²) in [5.41, 5.74) is -2.24. The molecule has 0 heterocycles. The molecule has 7 heteroatoms. The van der Waals surface area contributed by atoms with Crippen LogP contribution in [0.3, 0.4) is 0 Å². The summed E-state index contributed by atoms with van der Waals surface area (Å²) in [5, 5.41) is 0. The number of benzene rings is 1. The highest BCUT2D eigenvalue weighted by atomic mass is 19.4. The van der Waals surface area contributed by atoms with E-state index in [1.807, 2.05) is 0 Å². The maximum atomic E-state index is 13.7. The van der Waals surface area contributed by atoms with E-state index in [4.69, 9.17) is 9.47 Å². The average molecular weight is 294 g/mol. The van der Waals surface area contributed by atoms with E-state index < -0.39 is 35.2 Å². The number of carbonyl (C=O) groups is 1. The number of ether oxygens (including phenoxy) is 2. The number of halogens is 4. The number of hydrogen-bond donors (Lipinski definition) is 0. The lowest BCUT2D eigenvalue weighted by molar-refractivity contribution is -0.140. The molecule has 1 rings (SSSR count). The van der Waals surface area contributed by atoms with Gasteiger partial charge in [-0.05, 0) is 26.0 Å². The Hall–Kier alpha value is -1.63. The quantitative estimate of drug-likeness (QED) is 0.616. The smallest absolute Gasteiger partial charge is 0.419 e. The van der Waals surface area contributed by atoms with Crippen LogP contribution in [-0.2, 0) is 15.7 Å². The van der Waals surface area contributed by atoms with Crippen molar-refractivity contribution in [3.8, 4) is 0 Å². The third-order valence-corrected chi connectivity index (χ3v) is 2.39. The Bertz CT molecular complexity index is 471. The monoisotopic (exact) mass is 294 g/mol. The topological polar surface area (TPSA) is 35.5 Å². The van der Waals surface area contributed by atoms with Gasteiger partial charge in [-0.2, -0.15) is 13.2 Å². The minimum absolute atomic E-state index is 0.0861. The average Bonchev–Trinajstić information content (AvgIpc) is 2.35. The number of rotatable bonds is 5. The van der Waals surface area contributed by atoms with Crippen LogP contribution in [-0.4, -0.2) is 25.3 Å². The maximum absolute atomic E-state index is 13.7. The van der Waals surface area contributed by atoms with Crippen molar-refractivity contribution in [2.45, 2.75) is 26.1 Å². The molecule has 0 aromatic heterocycles. The summed E-state index contributed by atoms with van der Waals surface area (Å²) in [4.78, 5) is 11.6. The van der Waals surface area contributed by atoms with Gasteiger partial charge in [-0.1, -0.05) is 6.07 Å². The molecule has 1 atom stereocenters. The Morgan fingerprint density at radius 2 is 2.00 bits per heavy atom. The van der Waals surface area contributed by atoms with Crippen LogP contribution in [0, 0.1) is 5.82 Å². The van der Waals surface area contributed by atoms with E-state index in [0.717, 1.165) is 12.1 Å². The fourth-order valence-electron chi connectivity index (χ4n) is 1.47. The summed E-state index contributed by atoms with van der Waals surface area (Å²) in [6.45, 7) is 3.72. The Morgan fingerprint density at radius 3 is 2.55 bits per heavy atom. The Kier molecular flexibility index (Phi) is 5.50. The van der Waals surface area contributed by atoms with Gasteiger partial charge >= 0.3 is 12.1 Å². The van der Waals surface area contributed by atoms with Crippen LogP contribution in [0.15, 0.2) is 18.2 Å². The molecule has 0 N–H and O–H groups in total. The molecule has 1 unspecified atom stereocenters. The van der Waals surface area contributed by atoms with Crippen molar-refractivity contribution in [3.63, 3.8) is 0 Å². The second-order valence-electron chi connectivity index (χ2n) is 4.04. The van der Waals surface area contributed by atoms with E-state index in [2.05, 4.69) is 0 Å². The molecule has 0 bridgehead atoms. The van der Waals surface area contributed by atoms with Gasteiger partial charge in [0.05, 0.1) is 17.7 Å². The molecular formula is C13H14F4O3. The summed E-state index contributed by atoms with van der Waals surface area (Å²) in [5.74, 6) is -2.78. The maximum Gasteiger partial charge on any atom is 0.419 e. The molecular weight excluding hydrogens is 280 g/mol. The van der Waals surface area contributed by atoms with Crippen LogP contribution in [0.25, 0.3) is 0 Å². The normalized spacial score (nSPS) is 13.1. The molecule has 112 valence electrons. The summed E-state index contributed by atoms with van der Waals surface area (Å²) in [7, 11) is 0. The molecule has 3 nitrogen and oxygen atoms in total. The number of hydrogen-bond acceptors (Lipinski definition) is 3. The van der Waals surface area contributed by atoms with Gasteiger partial charge in [0.2, 0.25) is 0 Å². The Balaban J connectivity index is 2.89. The van der Waals surface area contributed by atoms with Crippen molar-refractivity contribution >= 4 is 5.97 Å². The van der Waals surface area contributed by atoms with E-state index in [9.17, 15) is 22.4 Å². The largest absolute Gasteiger partial charge is 0.457 e. The van der Waals surface area contributed by atoms with Gasteiger partial charge in [0.1, 0.15) is 11.9 Å². The van der Waals surface area contributed by atoms with Gasteiger partial charge < -0.3 is 9.47 Å². The van der Waals surface area contributed by atoms with Crippen molar-refractivity contribution in [3.05, 3.63) is 35.1 Å². The Labute approximate surface area is 113 Å². The molecule has 0 saturated heterocycles. The molecule has 0 spiro atoms. The third-order valence-electron chi connectivity index (χ3n) is 2.39. The van der Waals surface area contributed by atoms with Gasteiger partial charge in [-0.25, -0.2) is 9.18 Å². The van der Waals surface area contributed by atoms with Gasteiger partial charge in [0, 0.05) is 6.61 Å². The lowest BCUT2D eigenvalue weighted by Crippen LogP contribution is -2.22. The fraction of sp³-hybridized carbons (Fsp3) is 0.462.